The number of nitrogens with one attached hydrogen (secondary N) is 2. The Labute approximate surface area is 185 Å². The fourth-order valence-corrected chi connectivity index (χ4v) is 7.34. The number of oxazole rings is 1. The number of rotatable bonds is 11. The molecule has 1 aromatic carbocycles. The Bertz CT molecular complexity index is 986. The van der Waals surface area contributed by atoms with Gasteiger partial charge in [0.2, 0.25) is 15.9 Å². The summed E-state index contributed by atoms with van der Waals surface area (Å²) in [6, 6.07) is 10.2. The Morgan fingerprint density at radius 2 is 1.87 bits per heavy atom. The summed E-state index contributed by atoms with van der Waals surface area (Å²) in [4.78, 5) is 16.4. The number of carbonyl (C=O) groups excluding carboxylic acids is 1. The molecule has 0 fully saturated rings. The Hall–Kier alpha value is -2.01. The van der Waals surface area contributed by atoms with Gasteiger partial charge in [0, 0.05) is 15.1 Å². The molecule has 0 aliphatic heterocycles. The van der Waals surface area contributed by atoms with Crippen molar-refractivity contribution in [3.8, 4) is 0 Å². The topological polar surface area (TPSA) is 111 Å². The average molecular weight is 468 g/mol. The molecule has 0 aliphatic carbocycles. The van der Waals surface area contributed by atoms with E-state index in [1.807, 2.05) is 30.3 Å². The molecule has 10 heteroatoms. The number of hydrogen-bond acceptors (Lipinski definition) is 6. The number of carbonyl (C=O) groups is 1. The van der Waals surface area contributed by atoms with Gasteiger partial charge in [-0.25, -0.2) is 13.4 Å². The normalized spacial score (nSPS) is 14.3. The molecule has 1 heterocycles. The van der Waals surface area contributed by atoms with E-state index in [0.717, 1.165) is 5.56 Å². The van der Waals surface area contributed by atoms with Gasteiger partial charge in [-0.3, -0.25) is 4.79 Å². The van der Waals surface area contributed by atoms with E-state index in [4.69, 9.17) is 9.15 Å². The van der Waals surface area contributed by atoms with Crippen LogP contribution in [-0.2, 0) is 26.9 Å². The van der Waals surface area contributed by atoms with E-state index in [2.05, 4.69) is 34.7 Å². The van der Waals surface area contributed by atoms with Crippen LogP contribution in [-0.4, -0.2) is 46.8 Å². The quantitative estimate of drug-likeness (QED) is 0.492. The molecule has 0 spiro atoms. The molecular formula is C21H33N3O5SSi. The Balaban J connectivity index is 2.28. The molecule has 1 aromatic heterocycles. The van der Waals surface area contributed by atoms with Crippen molar-refractivity contribution in [2.75, 3.05) is 19.4 Å². The number of nitrogens with zero attached hydrogens (tertiary/aromatic N) is 1. The van der Waals surface area contributed by atoms with Crippen molar-refractivity contribution in [1.82, 2.24) is 15.0 Å². The van der Waals surface area contributed by atoms with E-state index in [-0.39, 0.29) is 23.9 Å². The first kappa shape index (κ1) is 25.2. The number of benzene rings is 1. The zero-order valence-electron chi connectivity index (χ0n) is 19.1. The highest BCUT2D eigenvalue weighted by atomic mass is 32.2. The van der Waals surface area contributed by atoms with Crippen LogP contribution in [0.15, 0.2) is 34.7 Å². The number of sulfonamides is 1. The highest BCUT2D eigenvalue weighted by Gasteiger charge is 2.38. The summed E-state index contributed by atoms with van der Waals surface area (Å²) in [5.41, 5.74) is -0.196. The zero-order valence-corrected chi connectivity index (χ0v) is 20.9. The maximum absolute atomic E-state index is 12.9. The van der Waals surface area contributed by atoms with E-state index < -0.39 is 29.5 Å². The third kappa shape index (κ3) is 7.56. The van der Waals surface area contributed by atoms with E-state index >= 15 is 0 Å². The molecule has 8 nitrogen and oxygen atoms in total. The predicted molar refractivity (Wildman–Crippen MR) is 123 cm³/mol. The largest absolute Gasteiger partial charge is 0.443 e. The van der Waals surface area contributed by atoms with Crippen LogP contribution >= 0.6 is 0 Å². The lowest BCUT2D eigenvalue weighted by molar-refractivity contribution is 0.0610. The van der Waals surface area contributed by atoms with Gasteiger partial charge in [-0.15, -0.1) is 0 Å². The third-order valence-corrected chi connectivity index (χ3v) is 8.33. The Morgan fingerprint density at radius 3 is 2.45 bits per heavy atom. The lowest BCUT2D eigenvalue weighted by Gasteiger charge is -2.28. The lowest BCUT2D eigenvalue weighted by atomic mass is 10.1. The molecule has 1 amide bonds. The first-order valence-electron chi connectivity index (χ1n) is 10.2. The minimum Gasteiger partial charge on any atom is -0.443 e. The van der Waals surface area contributed by atoms with Crippen molar-refractivity contribution in [2.24, 2.45) is 0 Å². The highest BCUT2D eigenvalue weighted by molar-refractivity contribution is 7.89. The molecular weight excluding hydrogens is 434 g/mol. The molecule has 0 bridgehead atoms. The first-order chi connectivity index (χ1) is 14.4. The molecule has 0 saturated carbocycles. The van der Waals surface area contributed by atoms with E-state index in [1.54, 1.807) is 13.8 Å². The van der Waals surface area contributed by atoms with Crippen molar-refractivity contribution in [3.63, 3.8) is 0 Å². The van der Waals surface area contributed by atoms with Crippen molar-refractivity contribution in [1.29, 1.82) is 0 Å². The van der Waals surface area contributed by atoms with E-state index in [9.17, 15) is 13.2 Å². The summed E-state index contributed by atoms with van der Waals surface area (Å²) in [5.74, 6) is 0.0127. The maximum Gasteiger partial charge on any atom is 0.273 e. The van der Waals surface area contributed by atoms with E-state index in [0.29, 0.717) is 18.4 Å². The minimum absolute atomic E-state index is 0.0127. The number of aromatic nitrogens is 1. The van der Waals surface area contributed by atoms with Gasteiger partial charge in [-0.1, -0.05) is 50.0 Å². The smallest absolute Gasteiger partial charge is 0.273 e. The van der Waals surface area contributed by atoms with Gasteiger partial charge in [0.15, 0.2) is 5.69 Å². The van der Waals surface area contributed by atoms with Crippen molar-refractivity contribution in [2.45, 2.75) is 51.7 Å². The first-order valence-corrected chi connectivity index (χ1v) is 15.5. The number of aryl methyl sites for hydroxylation is 1. The summed E-state index contributed by atoms with van der Waals surface area (Å²) in [6.07, 6.45) is 0. The fraction of sp³-hybridized carbons (Fsp3) is 0.524. The van der Waals surface area contributed by atoms with E-state index in [1.165, 1.54) is 7.05 Å². The molecule has 172 valence electrons. The predicted octanol–water partition coefficient (Wildman–Crippen LogP) is 3.03. The van der Waals surface area contributed by atoms with Crippen LogP contribution in [0.4, 0.5) is 0 Å². The summed E-state index contributed by atoms with van der Waals surface area (Å²) in [7, 11) is -3.70. The van der Waals surface area contributed by atoms with Crippen LogP contribution in [0.2, 0.25) is 25.7 Å². The van der Waals surface area contributed by atoms with Crippen LogP contribution < -0.4 is 10.0 Å². The summed E-state index contributed by atoms with van der Waals surface area (Å²) < 4.78 is 40.1. The second-order valence-electron chi connectivity index (χ2n) is 9.05. The summed E-state index contributed by atoms with van der Waals surface area (Å²) >= 11 is 0. The minimum atomic E-state index is -3.64. The van der Waals surface area contributed by atoms with Gasteiger partial charge >= 0.3 is 0 Å². The molecule has 2 aromatic rings. The standard InChI is InChI=1S/C21H33N3O5SSi/c1-16-18(19(25)22-3)23-20(29-16)21(2,15-28-14-17-10-8-7-9-11-17)24-30(26,27)12-13-31(4,5)6/h7-11,24H,12-15H2,1-6H3,(H,22,25)/t21-/m0/s1. The SMILES string of the molecule is CNC(=O)c1nc([C@](C)(COCc2ccccc2)NS(=O)(=O)CC[Si](C)(C)C)oc1C. The van der Waals surface area contributed by atoms with Gasteiger partial charge < -0.3 is 14.5 Å². The second-order valence-corrected chi connectivity index (χ2v) is 16.5. The van der Waals surface area contributed by atoms with Crippen LogP contribution in [0.3, 0.4) is 0 Å². The van der Waals surface area contributed by atoms with Crippen molar-refractivity contribution < 1.29 is 22.4 Å². The lowest BCUT2D eigenvalue weighted by Crippen LogP contribution is -2.48. The molecule has 0 aliphatic rings. The molecule has 0 radical (unpaired) electrons. The van der Waals surface area contributed by atoms with Gasteiger partial charge in [-0.2, -0.15) is 4.72 Å². The molecule has 31 heavy (non-hydrogen) atoms. The van der Waals surface area contributed by atoms with Crippen molar-refractivity contribution in [3.05, 3.63) is 53.2 Å². The van der Waals surface area contributed by atoms with Gasteiger partial charge in [0.1, 0.15) is 11.3 Å². The number of amides is 1. The van der Waals surface area contributed by atoms with Crippen LogP contribution in [0.25, 0.3) is 0 Å². The molecule has 0 unspecified atom stereocenters. The van der Waals surface area contributed by atoms with Crippen LogP contribution in [0, 0.1) is 6.92 Å². The monoisotopic (exact) mass is 467 g/mol. The Morgan fingerprint density at radius 1 is 1.23 bits per heavy atom. The highest BCUT2D eigenvalue weighted by Crippen LogP contribution is 2.25. The fourth-order valence-electron chi connectivity index (χ4n) is 2.88. The number of ether oxygens (including phenoxy) is 1. The third-order valence-electron chi connectivity index (χ3n) is 4.71. The second kappa shape index (κ2) is 10.1. The molecule has 2 N–H and O–H groups in total. The maximum atomic E-state index is 12.9. The van der Waals surface area contributed by atoms with Crippen molar-refractivity contribution >= 4 is 24.0 Å². The summed E-state index contributed by atoms with van der Waals surface area (Å²) in [5, 5.41) is 2.51. The zero-order chi connectivity index (χ0) is 23.3. The number of hydrogen-bond donors (Lipinski definition) is 2. The Kier molecular flexibility index (Phi) is 8.20. The molecule has 1 atom stereocenters. The summed E-state index contributed by atoms with van der Waals surface area (Å²) in [6.45, 7) is 9.93. The van der Waals surface area contributed by atoms with Crippen LogP contribution in [0.1, 0.15) is 34.6 Å². The average Bonchev–Trinajstić information content (AvgIpc) is 3.08. The van der Waals surface area contributed by atoms with Crippen LogP contribution in [0.5, 0.6) is 0 Å². The molecule has 2 rings (SSSR count). The molecule has 0 saturated heterocycles. The van der Waals surface area contributed by atoms with Gasteiger partial charge in [-0.05, 0) is 25.5 Å². The van der Waals surface area contributed by atoms with Gasteiger partial charge in [0.25, 0.3) is 5.91 Å². The van der Waals surface area contributed by atoms with Gasteiger partial charge in [0.05, 0.1) is 19.0 Å².